The summed E-state index contributed by atoms with van der Waals surface area (Å²) in [6.45, 7) is 1.88. The van der Waals surface area contributed by atoms with E-state index in [-0.39, 0.29) is 0 Å². The lowest BCUT2D eigenvalue weighted by Gasteiger charge is -2.07. The van der Waals surface area contributed by atoms with E-state index in [0.717, 1.165) is 16.6 Å². The zero-order valence-electron chi connectivity index (χ0n) is 9.34. The van der Waals surface area contributed by atoms with Crippen molar-refractivity contribution in [3.05, 3.63) is 30.1 Å². The largest absolute Gasteiger partial charge is 0.481 e. The highest BCUT2D eigenvalue weighted by Gasteiger charge is 2.22. The van der Waals surface area contributed by atoms with Crippen LogP contribution in [0, 0.1) is 0 Å². The molecule has 1 atom stereocenters. The van der Waals surface area contributed by atoms with E-state index in [1.807, 2.05) is 36.9 Å². The molecule has 1 N–H and O–H groups in total. The number of rotatable bonds is 3. The van der Waals surface area contributed by atoms with Gasteiger partial charge in [0.05, 0.1) is 5.92 Å². The second-order valence-corrected chi connectivity index (χ2v) is 3.87. The average Bonchev–Trinajstić information content (AvgIpc) is 2.58. The van der Waals surface area contributed by atoms with E-state index in [9.17, 15) is 4.79 Å². The summed E-state index contributed by atoms with van der Waals surface area (Å²) >= 11 is 0. The first-order chi connectivity index (χ1) is 7.65. The molecule has 2 aromatic rings. The van der Waals surface area contributed by atoms with Gasteiger partial charge in [-0.1, -0.05) is 6.92 Å². The molecule has 4 nitrogen and oxygen atoms in total. The Kier molecular flexibility index (Phi) is 2.64. The van der Waals surface area contributed by atoms with Crippen LogP contribution in [0.4, 0.5) is 0 Å². The van der Waals surface area contributed by atoms with Crippen LogP contribution >= 0.6 is 0 Å². The smallest absolute Gasteiger partial charge is 0.311 e. The van der Waals surface area contributed by atoms with Gasteiger partial charge in [-0.25, -0.2) is 4.98 Å². The lowest BCUT2D eigenvalue weighted by atomic mass is 9.97. The van der Waals surface area contributed by atoms with Gasteiger partial charge in [0.15, 0.2) is 0 Å². The van der Waals surface area contributed by atoms with E-state index in [1.54, 1.807) is 6.20 Å². The number of aliphatic carboxylic acids is 1. The number of aromatic nitrogens is 2. The normalized spacial score (nSPS) is 12.9. The molecule has 16 heavy (non-hydrogen) atoms. The number of fused-ring (bicyclic) bond motifs is 1. The van der Waals surface area contributed by atoms with Crippen LogP contribution in [0.3, 0.4) is 0 Å². The van der Waals surface area contributed by atoms with Crippen LogP contribution < -0.4 is 0 Å². The van der Waals surface area contributed by atoms with Crippen molar-refractivity contribution in [2.75, 3.05) is 0 Å². The molecule has 2 aromatic heterocycles. The van der Waals surface area contributed by atoms with E-state index in [2.05, 4.69) is 4.98 Å². The fraction of sp³-hybridized carbons (Fsp3) is 0.333. The van der Waals surface area contributed by atoms with Crippen LogP contribution in [0.15, 0.2) is 24.5 Å². The average molecular weight is 218 g/mol. The minimum absolute atomic E-state index is 0.451. The molecule has 0 amide bonds. The number of nitrogens with zero attached hydrogens (tertiary/aromatic N) is 2. The summed E-state index contributed by atoms with van der Waals surface area (Å²) in [5.74, 6) is -1.23. The van der Waals surface area contributed by atoms with Gasteiger partial charge in [-0.3, -0.25) is 4.79 Å². The molecule has 0 radical (unpaired) electrons. The van der Waals surface area contributed by atoms with Crippen LogP contribution in [0.2, 0.25) is 0 Å². The standard InChI is InChI=1S/C12H14N2O2/c1-3-8(12(15)16)10-7-14(2)11-9(10)5-4-6-13-11/h4-8H,3H2,1-2H3,(H,15,16). The van der Waals surface area contributed by atoms with Gasteiger partial charge in [-0.2, -0.15) is 0 Å². The second-order valence-electron chi connectivity index (χ2n) is 3.87. The van der Waals surface area contributed by atoms with Crippen molar-refractivity contribution >= 4 is 17.0 Å². The summed E-state index contributed by atoms with van der Waals surface area (Å²) in [7, 11) is 1.88. The monoisotopic (exact) mass is 218 g/mol. The Balaban J connectivity index is 2.64. The van der Waals surface area contributed by atoms with Crippen molar-refractivity contribution < 1.29 is 9.90 Å². The SMILES string of the molecule is CCC(C(=O)O)c1cn(C)c2ncccc12. The number of pyridine rings is 1. The summed E-state index contributed by atoms with van der Waals surface area (Å²) in [5, 5.41) is 10.1. The number of hydrogen-bond donors (Lipinski definition) is 1. The van der Waals surface area contributed by atoms with Gasteiger partial charge in [-0.05, 0) is 24.1 Å². The molecule has 0 bridgehead atoms. The quantitative estimate of drug-likeness (QED) is 0.858. The first-order valence-electron chi connectivity index (χ1n) is 5.28. The van der Waals surface area contributed by atoms with Gasteiger partial charge in [0.2, 0.25) is 0 Å². The zero-order valence-corrected chi connectivity index (χ0v) is 9.34. The number of carboxylic acid groups (broad SMARTS) is 1. The summed E-state index contributed by atoms with van der Waals surface area (Å²) in [5.41, 5.74) is 1.68. The van der Waals surface area contributed by atoms with Crippen LogP contribution in [0.1, 0.15) is 24.8 Å². The molecule has 0 saturated heterocycles. The Bertz CT molecular complexity index is 531. The van der Waals surface area contributed by atoms with E-state index < -0.39 is 11.9 Å². The molecule has 2 heterocycles. The minimum Gasteiger partial charge on any atom is -0.481 e. The zero-order chi connectivity index (χ0) is 11.7. The molecule has 0 spiro atoms. The molecule has 0 fully saturated rings. The topological polar surface area (TPSA) is 55.1 Å². The summed E-state index contributed by atoms with van der Waals surface area (Å²) in [6.07, 6.45) is 4.16. The number of carboxylic acids is 1. The molecule has 0 aliphatic rings. The third-order valence-electron chi connectivity index (χ3n) is 2.85. The maximum atomic E-state index is 11.2. The summed E-state index contributed by atoms with van der Waals surface area (Å²) < 4.78 is 1.87. The number of carbonyl (C=O) groups is 1. The predicted octanol–water partition coefficient (Wildman–Crippen LogP) is 2.15. The second kappa shape index (κ2) is 3.96. The van der Waals surface area contributed by atoms with Crippen molar-refractivity contribution in [2.45, 2.75) is 19.3 Å². The van der Waals surface area contributed by atoms with Gasteiger partial charge in [0, 0.05) is 24.8 Å². The fourth-order valence-electron chi connectivity index (χ4n) is 2.05. The molecule has 0 saturated carbocycles. The lowest BCUT2D eigenvalue weighted by Crippen LogP contribution is -2.09. The van der Waals surface area contributed by atoms with Crippen molar-refractivity contribution in [1.29, 1.82) is 0 Å². The Labute approximate surface area is 93.5 Å². The third kappa shape index (κ3) is 1.56. The van der Waals surface area contributed by atoms with E-state index >= 15 is 0 Å². The van der Waals surface area contributed by atoms with Crippen LogP contribution in [-0.4, -0.2) is 20.6 Å². The third-order valence-corrected chi connectivity index (χ3v) is 2.85. The molecule has 2 rings (SSSR count). The van der Waals surface area contributed by atoms with Crippen molar-refractivity contribution in [2.24, 2.45) is 7.05 Å². The number of hydrogen-bond acceptors (Lipinski definition) is 2. The van der Waals surface area contributed by atoms with Gasteiger partial charge < -0.3 is 9.67 Å². The van der Waals surface area contributed by atoms with Gasteiger partial charge in [-0.15, -0.1) is 0 Å². The number of aryl methyl sites for hydroxylation is 1. The van der Waals surface area contributed by atoms with Crippen molar-refractivity contribution in [3.63, 3.8) is 0 Å². The fourth-order valence-corrected chi connectivity index (χ4v) is 2.05. The Morgan fingerprint density at radius 1 is 1.62 bits per heavy atom. The molecular formula is C12H14N2O2. The molecule has 1 unspecified atom stereocenters. The Hall–Kier alpha value is -1.84. The first kappa shape index (κ1) is 10.7. The summed E-state index contributed by atoms with van der Waals surface area (Å²) in [6, 6.07) is 3.75. The van der Waals surface area contributed by atoms with E-state index in [4.69, 9.17) is 5.11 Å². The molecule has 0 aliphatic carbocycles. The molecule has 84 valence electrons. The molecule has 0 aliphatic heterocycles. The molecule has 0 aromatic carbocycles. The summed E-state index contributed by atoms with van der Waals surface area (Å²) in [4.78, 5) is 15.4. The minimum atomic E-state index is -0.779. The molecular weight excluding hydrogens is 204 g/mol. The predicted molar refractivity (Wildman–Crippen MR) is 61.4 cm³/mol. The van der Waals surface area contributed by atoms with Crippen LogP contribution in [0.5, 0.6) is 0 Å². The van der Waals surface area contributed by atoms with Crippen LogP contribution in [0.25, 0.3) is 11.0 Å². The maximum Gasteiger partial charge on any atom is 0.311 e. The lowest BCUT2D eigenvalue weighted by molar-refractivity contribution is -0.138. The van der Waals surface area contributed by atoms with E-state index in [1.165, 1.54) is 0 Å². The van der Waals surface area contributed by atoms with Crippen LogP contribution in [-0.2, 0) is 11.8 Å². The van der Waals surface area contributed by atoms with Crippen molar-refractivity contribution in [1.82, 2.24) is 9.55 Å². The molecule has 4 heteroatoms. The highest BCUT2D eigenvalue weighted by atomic mass is 16.4. The maximum absolute atomic E-state index is 11.2. The Morgan fingerprint density at radius 2 is 2.38 bits per heavy atom. The van der Waals surface area contributed by atoms with E-state index in [0.29, 0.717) is 6.42 Å². The highest BCUT2D eigenvalue weighted by molar-refractivity contribution is 5.87. The van der Waals surface area contributed by atoms with Gasteiger partial charge >= 0.3 is 5.97 Å². The van der Waals surface area contributed by atoms with Crippen molar-refractivity contribution in [3.8, 4) is 0 Å². The first-order valence-corrected chi connectivity index (χ1v) is 5.28. The van der Waals surface area contributed by atoms with Gasteiger partial charge in [0.1, 0.15) is 5.65 Å². The van der Waals surface area contributed by atoms with Gasteiger partial charge in [0.25, 0.3) is 0 Å². The highest BCUT2D eigenvalue weighted by Crippen LogP contribution is 2.28. The Morgan fingerprint density at radius 3 is 3.00 bits per heavy atom.